The Balaban J connectivity index is 2.39. The summed E-state index contributed by atoms with van der Waals surface area (Å²) in [4.78, 5) is 7.43. The minimum Gasteiger partial charge on any atom is -0.378 e. The fraction of sp³-hybridized carbons (Fsp3) is 0.250. The predicted molar refractivity (Wildman–Crippen MR) is 62.6 cm³/mol. The number of nitrogens with two attached hydrogens (primary N) is 1. The minimum atomic E-state index is -0.290. The zero-order valence-electron chi connectivity index (χ0n) is 9.53. The number of benzene rings is 1. The Hall–Kier alpha value is -1.72. The van der Waals surface area contributed by atoms with Crippen LogP contribution in [-0.2, 0) is 17.9 Å². The van der Waals surface area contributed by atoms with Gasteiger partial charge in [-0.2, -0.15) is 0 Å². The molecule has 0 amide bonds. The van der Waals surface area contributed by atoms with Gasteiger partial charge in [0.1, 0.15) is 11.6 Å². The highest BCUT2D eigenvalue weighted by Crippen LogP contribution is 2.19. The van der Waals surface area contributed by atoms with Gasteiger partial charge < -0.3 is 15.5 Å². The van der Waals surface area contributed by atoms with E-state index in [9.17, 15) is 4.39 Å². The van der Waals surface area contributed by atoms with Crippen molar-refractivity contribution in [2.45, 2.75) is 13.2 Å². The van der Waals surface area contributed by atoms with E-state index in [1.54, 1.807) is 19.2 Å². The number of imidazole rings is 1. The van der Waals surface area contributed by atoms with Crippen LogP contribution in [0.2, 0.25) is 0 Å². The lowest BCUT2D eigenvalue weighted by Crippen LogP contribution is -2.01. The fourth-order valence-corrected chi connectivity index (χ4v) is 1.65. The molecule has 1 heterocycles. The van der Waals surface area contributed by atoms with Crippen LogP contribution in [0.25, 0.3) is 11.4 Å². The van der Waals surface area contributed by atoms with E-state index >= 15 is 0 Å². The number of aromatic nitrogens is 2. The number of methoxy groups -OCH3 is 1. The summed E-state index contributed by atoms with van der Waals surface area (Å²) in [5.41, 5.74) is 7.86. The number of halogens is 1. The van der Waals surface area contributed by atoms with Crippen LogP contribution in [0.1, 0.15) is 11.4 Å². The van der Waals surface area contributed by atoms with Crippen LogP contribution in [0.3, 0.4) is 0 Å². The molecule has 0 radical (unpaired) electrons. The van der Waals surface area contributed by atoms with E-state index in [1.807, 2.05) is 0 Å². The van der Waals surface area contributed by atoms with E-state index in [0.29, 0.717) is 24.5 Å². The maximum atomic E-state index is 13.1. The van der Waals surface area contributed by atoms with Gasteiger partial charge in [-0.1, -0.05) is 12.1 Å². The van der Waals surface area contributed by atoms with Gasteiger partial charge >= 0.3 is 0 Å². The van der Waals surface area contributed by atoms with Gasteiger partial charge in [0.15, 0.2) is 0 Å². The van der Waals surface area contributed by atoms with Crippen LogP contribution >= 0.6 is 0 Å². The minimum absolute atomic E-state index is 0.290. The number of aromatic amines is 1. The number of hydrogen-bond donors (Lipinski definition) is 2. The molecule has 0 aliphatic carbocycles. The van der Waals surface area contributed by atoms with Crippen LogP contribution in [-0.4, -0.2) is 17.1 Å². The summed E-state index contributed by atoms with van der Waals surface area (Å²) < 4.78 is 18.1. The molecule has 0 fully saturated rings. The molecule has 0 spiro atoms. The van der Waals surface area contributed by atoms with E-state index in [4.69, 9.17) is 10.5 Å². The van der Waals surface area contributed by atoms with Crippen molar-refractivity contribution in [2.75, 3.05) is 7.11 Å². The Morgan fingerprint density at radius 2 is 2.29 bits per heavy atom. The van der Waals surface area contributed by atoms with Crippen molar-refractivity contribution >= 4 is 0 Å². The molecule has 0 bridgehead atoms. The molecule has 17 heavy (non-hydrogen) atoms. The van der Waals surface area contributed by atoms with Crippen LogP contribution in [0.5, 0.6) is 0 Å². The van der Waals surface area contributed by atoms with Gasteiger partial charge in [-0.3, -0.25) is 0 Å². The summed E-state index contributed by atoms with van der Waals surface area (Å²) in [6, 6.07) is 6.26. The quantitative estimate of drug-likeness (QED) is 0.849. The molecule has 2 aromatic rings. The lowest BCUT2D eigenvalue weighted by molar-refractivity contribution is 0.181. The zero-order valence-corrected chi connectivity index (χ0v) is 9.53. The third kappa shape index (κ3) is 2.51. The number of rotatable bonds is 4. The van der Waals surface area contributed by atoms with Crippen LogP contribution in [0.15, 0.2) is 24.3 Å². The smallest absolute Gasteiger partial charge is 0.138 e. The molecular weight excluding hydrogens is 221 g/mol. The topological polar surface area (TPSA) is 63.9 Å². The van der Waals surface area contributed by atoms with Crippen LogP contribution in [0, 0.1) is 5.82 Å². The molecule has 0 unspecified atom stereocenters. The average molecular weight is 235 g/mol. The highest BCUT2D eigenvalue weighted by Gasteiger charge is 2.10. The van der Waals surface area contributed by atoms with E-state index in [0.717, 1.165) is 11.4 Å². The van der Waals surface area contributed by atoms with Crippen molar-refractivity contribution in [1.29, 1.82) is 0 Å². The number of nitrogens with one attached hydrogen (secondary N) is 1. The largest absolute Gasteiger partial charge is 0.378 e. The molecule has 0 saturated heterocycles. The van der Waals surface area contributed by atoms with E-state index in [1.165, 1.54) is 12.1 Å². The third-order valence-corrected chi connectivity index (χ3v) is 2.44. The van der Waals surface area contributed by atoms with E-state index in [-0.39, 0.29) is 5.82 Å². The first-order valence-corrected chi connectivity index (χ1v) is 5.27. The molecule has 4 nitrogen and oxygen atoms in total. The molecule has 90 valence electrons. The molecule has 2 rings (SSSR count). The number of hydrogen-bond acceptors (Lipinski definition) is 3. The lowest BCUT2D eigenvalue weighted by Gasteiger charge is -1.97. The Morgan fingerprint density at radius 3 is 2.94 bits per heavy atom. The SMILES string of the molecule is COCc1[nH]c(-c2cccc(F)c2)nc1CN. The van der Waals surface area contributed by atoms with Crippen molar-refractivity contribution in [3.05, 3.63) is 41.5 Å². The first-order valence-electron chi connectivity index (χ1n) is 5.27. The summed E-state index contributed by atoms with van der Waals surface area (Å²) in [5, 5.41) is 0. The molecule has 0 atom stereocenters. The molecule has 1 aromatic carbocycles. The number of H-pyrrole nitrogens is 1. The molecule has 1 aromatic heterocycles. The van der Waals surface area contributed by atoms with E-state index in [2.05, 4.69) is 9.97 Å². The molecule has 0 saturated carbocycles. The van der Waals surface area contributed by atoms with Gasteiger partial charge in [0, 0.05) is 19.2 Å². The van der Waals surface area contributed by atoms with Crippen molar-refractivity contribution in [3.8, 4) is 11.4 Å². The highest BCUT2D eigenvalue weighted by atomic mass is 19.1. The summed E-state index contributed by atoms with van der Waals surface area (Å²) in [7, 11) is 1.60. The zero-order chi connectivity index (χ0) is 12.3. The summed E-state index contributed by atoms with van der Waals surface area (Å²) in [6.07, 6.45) is 0. The highest BCUT2D eigenvalue weighted by molar-refractivity contribution is 5.55. The van der Waals surface area contributed by atoms with Gasteiger partial charge in [0.25, 0.3) is 0 Å². The van der Waals surface area contributed by atoms with Gasteiger partial charge in [-0.05, 0) is 12.1 Å². The normalized spacial score (nSPS) is 10.8. The first-order chi connectivity index (χ1) is 8.24. The Labute approximate surface area is 98.6 Å². The number of ether oxygens (including phenoxy) is 1. The van der Waals surface area contributed by atoms with Crippen molar-refractivity contribution < 1.29 is 9.13 Å². The first kappa shape index (κ1) is 11.8. The van der Waals surface area contributed by atoms with Crippen molar-refractivity contribution in [1.82, 2.24) is 9.97 Å². The van der Waals surface area contributed by atoms with Crippen LogP contribution < -0.4 is 5.73 Å². The van der Waals surface area contributed by atoms with Gasteiger partial charge in [0.2, 0.25) is 0 Å². The van der Waals surface area contributed by atoms with Gasteiger partial charge in [-0.15, -0.1) is 0 Å². The second-order valence-electron chi connectivity index (χ2n) is 3.66. The van der Waals surface area contributed by atoms with Gasteiger partial charge in [-0.25, -0.2) is 9.37 Å². The molecule has 5 heteroatoms. The fourth-order valence-electron chi connectivity index (χ4n) is 1.65. The van der Waals surface area contributed by atoms with Crippen LogP contribution in [0.4, 0.5) is 4.39 Å². The van der Waals surface area contributed by atoms with Gasteiger partial charge in [0.05, 0.1) is 18.0 Å². The second kappa shape index (κ2) is 5.07. The predicted octanol–water partition coefficient (Wildman–Crippen LogP) is 1.82. The monoisotopic (exact) mass is 235 g/mol. The Morgan fingerprint density at radius 1 is 1.47 bits per heavy atom. The standard InChI is InChI=1S/C12H14FN3O/c1-17-7-11-10(6-14)15-12(16-11)8-3-2-4-9(13)5-8/h2-5H,6-7,14H2,1H3,(H,15,16). The maximum Gasteiger partial charge on any atom is 0.138 e. The molecular formula is C12H14FN3O. The molecule has 3 N–H and O–H groups in total. The molecule has 0 aliphatic rings. The Kier molecular flexibility index (Phi) is 3.51. The second-order valence-corrected chi connectivity index (χ2v) is 3.66. The lowest BCUT2D eigenvalue weighted by atomic mass is 10.2. The summed E-state index contributed by atoms with van der Waals surface area (Å²) >= 11 is 0. The van der Waals surface area contributed by atoms with Crippen molar-refractivity contribution in [2.24, 2.45) is 5.73 Å². The molecule has 0 aliphatic heterocycles. The van der Waals surface area contributed by atoms with Crippen molar-refractivity contribution in [3.63, 3.8) is 0 Å². The Bertz CT molecular complexity index is 510. The summed E-state index contributed by atoms with van der Waals surface area (Å²) in [5.74, 6) is 0.318. The average Bonchev–Trinajstić information content (AvgIpc) is 2.73. The number of nitrogens with zero attached hydrogens (tertiary/aromatic N) is 1. The maximum absolute atomic E-state index is 13.1. The summed E-state index contributed by atoms with van der Waals surface area (Å²) in [6.45, 7) is 0.735. The van der Waals surface area contributed by atoms with E-state index < -0.39 is 0 Å². The third-order valence-electron chi connectivity index (χ3n) is 2.44.